The maximum absolute atomic E-state index is 13.3. The third kappa shape index (κ3) is 2.54. The quantitative estimate of drug-likeness (QED) is 0.771. The molecule has 0 aliphatic heterocycles. The first kappa shape index (κ1) is 16.8. The molecule has 4 bridgehead atoms. The molecule has 3 unspecified atom stereocenters. The molecule has 2 N–H and O–H groups in total. The average molecular weight is 373 g/mol. The second-order valence-corrected chi connectivity index (χ2v) is 9.96. The van der Waals surface area contributed by atoms with Gasteiger partial charge in [0, 0.05) is 6.54 Å². The highest BCUT2D eigenvalue weighted by atomic mass is 32.1. The predicted molar refractivity (Wildman–Crippen MR) is 104 cm³/mol. The van der Waals surface area contributed by atoms with Crippen molar-refractivity contribution in [2.75, 3.05) is 11.9 Å². The first-order valence-corrected chi connectivity index (χ1v) is 11.2. The summed E-state index contributed by atoms with van der Waals surface area (Å²) >= 11 is 1.54. The van der Waals surface area contributed by atoms with E-state index in [1.807, 2.05) is 0 Å². The Balaban J connectivity index is 1.40. The molecule has 5 aliphatic rings. The molecule has 0 spiro atoms. The van der Waals surface area contributed by atoms with Crippen LogP contribution in [-0.2, 0) is 4.79 Å². The van der Waals surface area contributed by atoms with Crippen molar-refractivity contribution >= 4 is 28.2 Å². The summed E-state index contributed by atoms with van der Waals surface area (Å²) in [6, 6.07) is 0. The van der Waals surface area contributed by atoms with E-state index >= 15 is 0 Å². The van der Waals surface area contributed by atoms with Gasteiger partial charge in [-0.15, -0.1) is 11.3 Å². The van der Waals surface area contributed by atoms with Gasteiger partial charge in [0.05, 0.1) is 11.0 Å². The number of hydrogen-bond donors (Lipinski definition) is 2. The number of carbonyl (C=O) groups excluding carboxylic acids is 2. The monoisotopic (exact) mass is 372 g/mol. The van der Waals surface area contributed by atoms with E-state index in [-0.39, 0.29) is 17.2 Å². The minimum Gasteiger partial charge on any atom is -0.352 e. The first-order valence-electron chi connectivity index (χ1n) is 10.3. The Kier molecular flexibility index (Phi) is 3.93. The average Bonchev–Trinajstić information content (AvgIpc) is 3.27. The van der Waals surface area contributed by atoms with Gasteiger partial charge in [0.2, 0.25) is 5.91 Å². The van der Waals surface area contributed by atoms with Crippen molar-refractivity contribution in [3.63, 3.8) is 0 Å². The Labute approximate surface area is 159 Å². The van der Waals surface area contributed by atoms with Gasteiger partial charge in [-0.1, -0.05) is 6.92 Å². The number of rotatable bonds is 6. The topological polar surface area (TPSA) is 58.2 Å². The van der Waals surface area contributed by atoms with Gasteiger partial charge >= 0.3 is 0 Å². The predicted octanol–water partition coefficient (Wildman–Crippen LogP) is 4.53. The van der Waals surface area contributed by atoms with Gasteiger partial charge in [-0.25, -0.2) is 0 Å². The summed E-state index contributed by atoms with van der Waals surface area (Å²) in [7, 11) is 0. The fourth-order valence-electron chi connectivity index (χ4n) is 6.11. The molecule has 4 atom stereocenters. The van der Waals surface area contributed by atoms with Crippen molar-refractivity contribution in [1.29, 1.82) is 0 Å². The zero-order valence-corrected chi connectivity index (χ0v) is 16.3. The van der Waals surface area contributed by atoms with E-state index in [9.17, 15) is 9.59 Å². The first-order chi connectivity index (χ1) is 12.6. The molecule has 1 aromatic rings. The summed E-state index contributed by atoms with van der Waals surface area (Å²) in [6.07, 6.45) is 9.19. The summed E-state index contributed by atoms with van der Waals surface area (Å²) in [5.41, 5.74) is 1.75. The van der Waals surface area contributed by atoms with Gasteiger partial charge in [-0.05, 0) is 86.0 Å². The SMILES string of the molecule is CCCNC(=O)c1c(C2CC2)csc1NC(=O)C12CC3CC1C[C@@H](C3)C2. The standard InChI is InChI=1S/C21H28N2O2S/c1-2-5-22-18(24)17-16(14-3-4-14)11-26-19(17)23-20(25)21-9-12-6-13(10-21)8-15(21)7-12/h11-15H,2-10H2,1H3,(H,22,24)(H,23,25)/t12-,13?,15?,21?/m1/s1. The van der Waals surface area contributed by atoms with Gasteiger partial charge < -0.3 is 10.6 Å². The van der Waals surface area contributed by atoms with Crippen LogP contribution in [0.4, 0.5) is 5.00 Å². The van der Waals surface area contributed by atoms with Gasteiger partial charge in [-0.2, -0.15) is 0 Å². The molecule has 1 aromatic heterocycles. The molecular formula is C21H28N2O2S. The Morgan fingerprint density at radius 1 is 1.19 bits per heavy atom. The second kappa shape index (κ2) is 6.08. The van der Waals surface area contributed by atoms with E-state index in [2.05, 4.69) is 22.9 Å². The van der Waals surface area contributed by atoms with Crippen LogP contribution in [0.2, 0.25) is 0 Å². The minimum absolute atomic E-state index is 0.0139. The van der Waals surface area contributed by atoms with E-state index in [4.69, 9.17) is 0 Å². The van der Waals surface area contributed by atoms with Crippen LogP contribution in [0, 0.1) is 23.2 Å². The Bertz CT molecular complexity index is 737. The number of carbonyl (C=O) groups is 2. The molecule has 1 heterocycles. The maximum atomic E-state index is 13.3. The molecule has 0 radical (unpaired) electrons. The van der Waals surface area contributed by atoms with E-state index in [0.717, 1.165) is 60.1 Å². The molecule has 26 heavy (non-hydrogen) atoms. The van der Waals surface area contributed by atoms with Crippen LogP contribution in [0.15, 0.2) is 5.38 Å². The number of anilines is 1. The van der Waals surface area contributed by atoms with Crippen molar-refractivity contribution in [2.45, 2.75) is 64.2 Å². The van der Waals surface area contributed by atoms with Crippen molar-refractivity contribution in [3.8, 4) is 0 Å². The lowest BCUT2D eigenvalue weighted by molar-refractivity contribution is -0.127. The number of thiophene rings is 1. The van der Waals surface area contributed by atoms with Crippen LogP contribution in [0.1, 0.15) is 80.1 Å². The van der Waals surface area contributed by atoms with Gasteiger partial charge in [-0.3, -0.25) is 9.59 Å². The van der Waals surface area contributed by atoms with Crippen LogP contribution in [0.25, 0.3) is 0 Å². The summed E-state index contributed by atoms with van der Waals surface area (Å²) < 4.78 is 0. The molecule has 5 fully saturated rings. The third-order valence-electron chi connectivity index (χ3n) is 7.27. The molecule has 0 saturated heterocycles. The maximum Gasteiger partial charge on any atom is 0.254 e. The van der Waals surface area contributed by atoms with Crippen molar-refractivity contribution in [1.82, 2.24) is 5.32 Å². The minimum atomic E-state index is -0.144. The Morgan fingerprint density at radius 2 is 1.92 bits per heavy atom. The van der Waals surface area contributed by atoms with Crippen LogP contribution < -0.4 is 10.6 Å². The molecule has 140 valence electrons. The molecule has 5 saturated carbocycles. The number of hydrogen-bond acceptors (Lipinski definition) is 3. The fourth-order valence-corrected chi connectivity index (χ4v) is 7.15. The molecule has 5 heteroatoms. The van der Waals surface area contributed by atoms with Gasteiger partial charge in [0.25, 0.3) is 5.91 Å². The second-order valence-electron chi connectivity index (χ2n) is 9.08. The van der Waals surface area contributed by atoms with Crippen molar-refractivity contribution < 1.29 is 9.59 Å². The summed E-state index contributed by atoms with van der Waals surface area (Å²) in [5.74, 6) is 2.79. The lowest BCUT2D eigenvalue weighted by Crippen LogP contribution is -2.37. The lowest BCUT2D eigenvalue weighted by atomic mass is 9.75. The summed E-state index contributed by atoms with van der Waals surface area (Å²) in [6.45, 7) is 2.74. The van der Waals surface area contributed by atoms with E-state index in [1.165, 1.54) is 19.3 Å². The van der Waals surface area contributed by atoms with Crippen molar-refractivity contribution in [2.24, 2.45) is 23.2 Å². The van der Waals surface area contributed by atoms with Crippen LogP contribution in [0.3, 0.4) is 0 Å². The normalized spacial score (nSPS) is 34.3. The molecule has 5 aliphatic carbocycles. The third-order valence-corrected chi connectivity index (χ3v) is 8.18. The van der Waals surface area contributed by atoms with Crippen LogP contribution in [-0.4, -0.2) is 18.4 Å². The highest BCUT2D eigenvalue weighted by Crippen LogP contribution is 2.65. The Morgan fingerprint density at radius 3 is 2.58 bits per heavy atom. The van der Waals surface area contributed by atoms with E-state index in [1.54, 1.807) is 11.3 Å². The van der Waals surface area contributed by atoms with Gasteiger partial charge in [0.1, 0.15) is 5.00 Å². The van der Waals surface area contributed by atoms with Crippen LogP contribution in [0.5, 0.6) is 0 Å². The fraction of sp³-hybridized carbons (Fsp3) is 0.714. The summed E-state index contributed by atoms with van der Waals surface area (Å²) in [5, 5.41) is 9.14. The lowest BCUT2D eigenvalue weighted by Gasteiger charge is -2.31. The molecule has 0 aromatic carbocycles. The summed E-state index contributed by atoms with van der Waals surface area (Å²) in [4.78, 5) is 26.1. The molecule has 6 rings (SSSR count). The molecule has 4 nitrogen and oxygen atoms in total. The van der Waals surface area contributed by atoms with E-state index in [0.29, 0.717) is 18.4 Å². The molecule has 2 amide bonds. The van der Waals surface area contributed by atoms with Crippen LogP contribution >= 0.6 is 11.3 Å². The zero-order chi connectivity index (χ0) is 17.9. The highest BCUT2D eigenvalue weighted by Gasteiger charge is 2.61. The number of amides is 2. The van der Waals surface area contributed by atoms with Gasteiger partial charge in [0.15, 0.2) is 0 Å². The number of nitrogens with one attached hydrogen (secondary N) is 2. The smallest absolute Gasteiger partial charge is 0.254 e. The van der Waals surface area contributed by atoms with E-state index < -0.39 is 0 Å². The largest absolute Gasteiger partial charge is 0.352 e. The highest BCUT2D eigenvalue weighted by molar-refractivity contribution is 7.15. The zero-order valence-electron chi connectivity index (χ0n) is 15.5. The van der Waals surface area contributed by atoms with Crippen molar-refractivity contribution in [3.05, 3.63) is 16.5 Å². The molecular weight excluding hydrogens is 344 g/mol. The Hall–Kier alpha value is -1.36.